The molecule has 0 spiro atoms. The number of aryl methyl sites for hydroxylation is 1. The molecule has 0 unspecified atom stereocenters. The number of amides is 1. The maximum absolute atomic E-state index is 11.7. The smallest absolute Gasteiger partial charge is 0.222 e. The minimum Gasteiger partial charge on any atom is -0.352 e. The summed E-state index contributed by atoms with van der Waals surface area (Å²) in [5.41, 5.74) is 3.21. The summed E-state index contributed by atoms with van der Waals surface area (Å²) < 4.78 is 0. The van der Waals surface area contributed by atoms with E-state index in [9.17, 15) is 4.79 Å². The number of carbonyl (C=O) groups is 1. The molecule has 3 rings (SSSR count). The second kappa shape index (κ2) is 6.77. The van der Waals surface area contributed by atoms with E-state index < -0.39 is 0 Å². The minimum atomic E-state index is 0.227. The maximum Gasteiger partial charge on any atom is 0.222 e. The minimum absolute atomic E-state index is 0.227. The second-order valence-electron chi connectivity index (χ2n) is 5.81. The zero-order chi connectivity index (χ0) is 16.2. The molecule has 120 valence electrons. The lowest BCUT2D eigenvalue weighted by molar-refractivity contribution is -0.131. The van der Waals surface area contributed by atoms with E-state index in [1.54, 1.807) is 0 Å². The Morgan fingerprint density at radius 2 is 1.78 bits per heavy atom. The fourth-order valence-corrected chi connectivity index (χ4v) is 2.91. The summed E-state index contributed by atoms with van der Waals surface area (Å²) >= 11 is 0. The number of rotatable bonds is 3. The number of benzene rings is 1. The van der Waals surface area contributed by atoms with Gasteiger partial charge in [-0.3, -0.25) is 4.79 Å². The molecule has 5 nitrogen and oxygen atoms in total. The first-order valence-electron chi connectivity index (χ1n) is 8.11. The SMILES string of the molecule is CCC(=O)N1CCN(c2ccc(-c3ccccc3C)nn2)CC1. The predicted molar refractivity (Wildman–Crippen MR) is 91.3 cm³/mol. The third-order valence-corrected chi connectivity index (χ3v) is 4.33. The summed E-state index contributed by atoms with van der Waals surface area (Å²) in [4.78, 5) is 15.8. The van der Waals surface area contributed by atoms with E-state index in [1.165, 1.54) is 5.56 Å². The lowest BCUT2D eigenvalue weighted by Crippen LogP contribution is -2.48. The Bertz CT molecular complexity index is 676. The number of hydrogen-bond acceptors (Lipinski definition) is 4. The summed E-state index contributed by atoms with van der Waals surface area (Å²) in [6.07, 6.45) is 0.574. The Morgan fingerprint density at radius 3 is 2.39 bits per heavy atom. The second-order valence-corrected chi connectivity index (χ2v) is 5.81. The number of aromatic nitrogens is 2. The van der Waals surface area contributed by atoms with Gasteiger partial charge in [-0.05, 0) is 24.6 Å². The molecule has 0 bridgehead atoms. The van der Waals surface area contributed by atoms with Crippen molar-refractivity contribution in [1.82, 2.24) is 15.1 Å². The van der Waals surface area contributed by atoms with Crippen molar-refractivity contribution in [2.45, 2.75) is 20.3 Å². The highest BCUT2D eigenvalue weighted by atomic mass is 16.2. The van der Waals surface area contributed by atoms with Crippen molar-refractivity contribution >= 4 is 11.7 Å². The molecular weight excluding hydrogens is 288 g/mol. The van der Waals surface area contributed by atoms with Gasteiger partial charge in [-0.25, -0.2) is 0 Å². The Hall–Kier alpha value is -2.43. The zero-order valence-corrected chi connectivity index (χ0v) is 13.7. The zero-order valence-electron chi connectivity index (χ0n) is 13.7. The van der Waals surface area contributed by atoms with Gasteiger partial charge >= 0.3 is 0 Å². The Balaban J connectivity index is 1.69. The highest BCUT2D eigenvalue weighted by Crippen LogP contribution is 2.22. The van der Waals surface area contributed by atoms with Crippen molar-refractivity contribution in [3.05, 3.63) is 42.0 Å². The Labute approximate surface area is 136 Å². The number of carbonyl (C=O) groups excluding carboxylic acids is 1. The largest absolute Gasteiger partial charge is 0.352 e. The van der Waals surface area contributed by atoms with Crippen LogP contribution in [-0.2, 0) is 4.79 Å². The lowest BCUT2D eigenvalue weighted by atomic mass is 10.1. The Morgan fingerprint density at radius 1 is 1.04 bits per heavy atom. The highest BCUT2D eigenvalue weighted by Gasteiger charge is 2.21. The molecule has 0 aliphatic carbocycles. The predicted octanol–water partition coefficient (Wildman–Crippen LogP) is 2.51. The summed E-state index contributed by atoms with van der Waals surface area (Å²) in [5.74, 6) is 1.11. The molecule has 1 saturated heterocycles. The van der Waals surface area contributed by atoms with Crippen LogP contribution >= 0.6 is 0 Å². The van der Waals surface area contributed by atoms with Crippen LogP contribution in [0.3, 0.4) is 0 Å². The van der Waals surface area contributed by atoms with Gasteiger partial charge in [0.1, 0.15) is 0 Å². The van der Waals surface area contributed by atoms with Gasteiger partial charge in [0.25, 0.3) is 0 Å². The average Bonchev–Trinajstić information content (AvgIpc) is 2.62. The average molecular weight is 310 g/mol. The molecule has 1 fully saturated rings. The molecule has 0 N–H and O–H groups in total. The van der Waals surface area contributed by atoms with E-state index in [0.29, 0.717) is 6.42 Å². The third-order valence-electron chi connectivity index (χ3n) is 4.33. The summed E-state index contributed by atoms with van der Waals surface area (Å²) in [6, 6.07) is 12.2. The van der Waals surface area contributed by atoms with E-state index in [0.717, 1.165) is 43.3 Å². The first kappa shape index (κ1) is 15.5. The number of nitrogens with zero attached hydrogens (tertiary/aromatic N) is 4. The lowest BCUT2D eigenvalue weighted by Gasteiger charge is -2.35. The number of piperazine rings is 1. The molecule has 1 aliphatic heterocycles. The van der Waals surface area contributed by atoms with Gasteiger partial charge < -0.3 is 9.80 Å². The van der Waals surface area contributed by atoms with Gasteiger partial charge in [0.05, 0.1) is 5.69 Å². The van der Waals surface area contributed by atoms with Crippen molar-refractivity contribution < 1.29 is 4.79 Å². The fourth-order valence-electron chi connectivity index (χ4n) is 2.91. The van der Waals surface area contributed by atoms with Crippen molar-refractivity contribution in [1.29, 1.82) is 0 Å². The van der Waals surface area contributed by atoms with E-state index >= 15 is 0 Å². The van der Waals surface area contributed by atoms with Crippen LogP contribution in [0.5, 0.6) is 0 Å². The van der Waals surface area contributed by atoms with Gasteiger partial charge in [-0.2, -0.15) is 0 Å². The maximum atomic E-state index is 11.7. The first-order valence-corrected chi connectivity index (χ1v) is 8.11. The molecule has 0 radical (unpaired) electrons. The van der Waals surface area contributed by atoms with Crippen LogP contribution < -0.4 is 4.90 Å². The van der Waals surface area contributed by atoms with Crippen molar-refractivity contribution in [3.8, 4) is 11.3 Å². The van der Waals surface area contributed by atoms with E-state index in [2.05, 4.69) is 34.2 Å². The van der Waals surface area contributed by atoms with Crippen LogP contribution in [0.4, 0.5) is 5.82 Å². The van der Waals surface area contributed by atoms with Crippen LogP contribution in [0, 0.1) is 6.92 Å². The van der Waals surface area contributed by atoms with Gasteiger partial charge in [0, 0.05) is 38.2 Å². The standard InChI is InChI=1S/C18H22N4O/c1-3-18(23)22-12-10-21(11-13-22)17-9-8-16(19-20-17)15-7-5-4-6-14(15)2/h4-9H,3,10-13H2,1-2H3. The van der Waals surface area contributed by atoms with E-state index in [1.807, 2.05) is 36.1 Å². The molecular formula is C18H22N4O. The van der Waals surface area contributed by atoms with Gasteiger partial charge in [-0.1, -0.05) is 31.2 Å². The van der Waals surface area contributed by atoms with Crippen molar-refractivity contribution in [3.63, 3.8) is 0 Å². The van der Waals surface area contributed by atoms with Crippen LogP contribution in [0.25, 0.3) is 11.3 Å². The number of hydrogen-bond donors (Lipinski definition) is 0. The fraction of sp³-hybridized carbons (Fsp3) is 0.389. The molecule has 1 aromatic heterocycles. The normalized spacial score (nSPS) is 14.9. The first-order chi connectivity index (χ1) is 11.2. The van der Waals surface area contributed by atoms with E-state index in [4.69, 9.17) is 0 Å². The molecule has 5 heteroatoms. The van der Waals surface area contributed by atoms with Crippen LogP contribution in [0.15, 0.2) is 36.4 Å². The highest BCUT2D eigenvalue weighted by molar-refractivity contribution is 5.76. The number of anilines is 1. The molecule has 23 heavy (non-hydrogen) atoms. The van der Waals surface area contributed by atoms with Gasteiger partial charge in [-0.15, -0.1) is 10.2 Å². The molecule has 1 aromatic carbocycles. The van der Waals surface area contributed by atoms with Crippen LogP contribution in [0.2, 0.25) is 0 Å². The molecule has 1 amide bonds. The summed E-state index contributed by atoms with van der Waals surface area (Å²) in [6.45, 7) is 7.12. The molecule has 0 atom stereocenters. The Kier molecular flexibility index (Phi) is 4.55. The summed E-state index contributed by atoms with van der Waals surface area (Å²) in [5, 5.41) is 8.77. The van der Waals surface area contributed by atoms with E-state index in [-0.39, 0.29) is 5.91 Å². The van der Waals surface area contributed by atoms with Crippen molar-refractivity contribution in [2.75, 3.05) is 31.1 Å². The monoisotopic (exact) mass is 310 g/mol. The van der Waals surface area contributed by atoms with Gasteiger partial charge in [0.15, 0.2) is 5.82 Å². The van der Waals surface area contributed by atoms with Crippen molar-refractivity contribution in [2.24, 2.45) is 0 Å². The van der Waals surface area contributed by atoms with Crippen LogP contribution in [0.1, 0.15) is 18.9 Å². The van der Waals surface area contributed by atoms with Crippen LogP contribution in [-0.4, -0.2) is 47.2 Å². The van der Waals surface area contributed by atoms with Gasteiger partial charge in [0.2, 0.25) is 5.91 Å². The molecule has 2 heterocycles. The summed E-state index contributed by atoms with van der Waals surface area (Å²) in [7, 11) is 0. The molecule has 2 aromatic rings. The third kappa shape index (κ3) is 3.33. The molecule has 0 saturated carbocycles. The topological polar surface area (TPSA) is 49.3 Å². The molecule has 1 aliphatic rings. The quantitative estimate of drug-likeness (QED) is 0.874.